The van der Waals surface area contributed by atoms with Crippen molar-refractivity contribution in [1.29, 1.82) is 0 Å². The maximum absolute atomic E-state index is 14.3. The molecule has 2 heterocycles. The Morgan fingerprint density at radius 1 is 1.48 bits per heavy atom. The minimum absolute atomic E-state index is 0.0178. The van der Waals surface area contributed by atoms with E-state index < -0.39 is 6.17 Å². The zero-order valence-electron chi connectivity index (χ0n) is 12.0. The molecule has 2 aromatic heterocycles. The molecule has 1 fully saturated rings. The minimum atomic E-state index is -0.853. The predicted molar refractivity (Wildman–Crippen MR) is 74.4 cm³/mol. The van der Waals surface area contributed by atoms with Gasteiger partial charge in [0.05, 0.1) is 24.0 Å². The lowest BCUT2D eigenvalue weighted by atomic mass is 9.91. The van der Waals surface area contributed by atoms with Crippen LogP contribution in [0.2, 0.25) is 0 Å². The van der Waals surface area contributed by atoms with E-state index in [1.165, 1.54) is 0 Å². The van der Waals surface area contributed by atoms with Gasteiger partial charge in [-0.1, -0.05) is 5.21 Å². The van der Waals surface area contributed by atoms with Crippen LogP contribution >= 0.6 is 0 Å². The molecule has 2 aromatic rings. The summed E-state index contributed by atoms with van der Waals surface area (Å²) in [6.07, 6.45) is 7.97. The van der Waals surface area contributed by atoms with Crippen molar-refractivity contribution >= 4 is 0 Å². The lowest BCUT2D eigenvalue weighted by Crippen LogP contribution is -2.40. The third-order valence-electron chi connectivity index (χ3n) is 4.83. The van der Waals surface area contributed by atoms with Gasteiger partial charge in [-0.25, -0.2) is 9.07 Å². The van der Waals surface area contributed by atoms with E-state index in [9.17, 15) is 4.39 Å². The first kappa shape index (κ1) is 12.9. The molecule has 0 saturated heterocycles. The Hall–Kier alpha value is -1.76. The van der Waals surface area contributed by atoms with E-state index >= 15 is 0 Å². The zero-order valence-corrected chi connectivity index (χ0v) is 12.0. The normalized spacial score (nSPS) is 26.6. The highest BCUT2D eigenvalue weighted by Gasteiger charge is 2.46. The summed E-state index contributed by atoms with van der Waals surface area (Å²) < 4.78 is 18.1. The molecule has 112 valence electrons. The van der Waals surface area contributed by atoms with Crippen LogP contribution in [-0.2, 0) is 19.0 Å². The maximum atomic E-state index is 14.3. The zero-order chi connectivity index (χ0) is 14.4. The first-order valence-corrected chi connectivity index (χ1v) is 7.45. The lowest BCUT2D eigenvalue weighted by Gasteiger charge is -2.29. The molecule has 2 aliphatic rings. The molecule has 21 heavy (non-hydrogen) atoms. The monoisotopic (exact) mass is 290 g/mol. The van der Waals surface area contributed by atoms with Crippen molar-refractivity contribution in [3.8, 4) is 0 Å². The fraction of sp³-hybridized carbons (Fsp3) is 0.643. The first-order chi connectivity index (χ1) is 10.2. The second kappa shape index (κ2) is 4.62. The molecule has 7 heteroatoms. The summed E-state index contributed by atoms with van der Waals surface area (Å²) in [6.45, 7) is 0.718. The minimum Gasteiger partial charge on any atom is -0.305 e. The van der Waals surface area contributed by atoms with E-state index in [1.54, 1.807) is 12.4 Å². The molecule has 6 nitrogen and oxygen atoms in total. The number of nitrogens with one attached hydrogen (secondary N) is 1. The van der Waals surface area contributed by atoms with Gasteiger partial charge in [-0.3, -0.25) is 4.68 Å². The molecule has 0 amide bonds. The van der Waals surface area contributed by atoms with Crippen molar-refractivity contribution in [3.63, 3.8) is 0 Å². The van der Waals surface area contributed by atoms with Gasteiger partial charge in [0.1, 0.15) is 6.17 Å². The van der Waals surface area contributed by atoms with Gasteiger partial charge in [0.2, 0.25) is 0 Å². The van der Waals surface area contributed by atoms with Gasteiger partial charge < -0.3 is 5.32 Å². The quantitative estimate of drug-likeness (QED) is 0.916. The van der Waals surface area contributed by atoms with Crippen molar-refractivity contribution in [2.45, 2.75) is 43.4 Å². The molecule has 0 radical (unpaired) electrons. The highest BCUT2D eigenvalue weighted by molar-refractivity contribution is 5.26. The number of hydrogen-bond donors (Lipinski definition) is 1. The summed E-state index contributed by atoms with van der Waals surface area (Å²) in [4.78, 5) is 0. The fourth-order valence-electron chi connectivity index (χ4n) is 3.31. The van der Waals surface area contributed by atoms with Gasteiger partial charge in [-0.2, -0.15) is 5.10 Å². The fourth-order valence-corrected chi connectivity index (χ4v) is 3.31. The van der Waals surface area contributed by atoms with Crippen molar-refractivity contribution in [2.75, 3.05) is 6.54 Å². The van der Waals surface area contributed by atoms with Gasteiger partial charge in [-0.15, -0.1) is 5.10 Å². The number of halogens is 1. The van der Waals surface area contributed by atoms with Gasteiger partial charge in [0, 0.05) is 31.0 Å². The van der Waals surface area contributed by atoms with Gasteiger partial charge in [0.15, 0.2) is 0 Å². The summed E-state index contributed by atoms with van der Waals surface area (Å²) >= 11 is 0. The predicted octanol–water partition coefficient (Wildman–Crippen LogP) is 1.12. The molecule has 0 aromatic carbocycles. The van der Waals surface area contributed by atoms with Crippen LogP contribution in [0.3, 0.4) is 0 Å². The molecule has 0 aliphatic heterocycles. The molecular formula is C14H19FN6. The molecule has 4 rings (SSSR count). The maximum Gasteiger partial charge on any atom is 0.120 e. The third-order valence-corrected chi connectivity index (χ3v) is 4.83. The second-order valence-corrected chi connectivity index (χ2v) is 6.16. The molecule has 2 aliphatic carbocycles. The number of fused-ring (bicyclic) bond motifs is 1. The van der Waals surface area contributed by atoms with E-state index in [0.717, 1.165) is 37.1 Å². The highest BCUT2D eigenvalue weighted by Crippen LogP contribution is 2.43. The third kappa shape index (κ3) is 2.07. The van der Waals surface area contributed by atoms with Crippen LogP contribution in [0.15, 0.2) is 18.6 Å². The van der Waals surface area contributed by atoms with Crippen molar-refractivity contribution < 1.29 is 4.39 Å². The molecular weight excluding hydrogens is 271 g/mol. The van der Waals surface area contributed by atoms with Crippen LogP contribution in [0, 0.1) is 0 Å². The standard InChI is InChI=1S/C14H19FN6/c1-20-12-3-2-11(15)13(10(12)8-18-20)16-9-14(4-5-14)21-7-6-17-19-21/h6-8,11,13,16H,2-5,9H2,1H3. The molecule has 0 bridgehead atoms. The Kier molecular flexibility index (Phi) is 2.85. The van der Waals surface area contributed by atoms with Gasteiger partial charge in [-0.05, 0) is 25.7 Å². The number of alkyl halides is 1. The Bertz CT molecular complexity index is 630. The number of hydrogen-bond acceptors (Lipinski definition) is 4. The molecule has 1 saturated carbocycles. The molecule has 0 spiro atoms. The summed E-state index contributed by atoms with van der Waals surface area (Å²) in [5.41, 5.74) is 2.13. The Labute approximate surface area is 122 Å². The summed E-state index contributed by atoms with van der Waals surface area (Å²) in [5.74, 6) is 0. The lowest BCUT2D eigenvalue weighted by molar-refractivity contribution is 0.211. The number of aromatic nitrogens is 5. The Morgan fingerprint density at radius 3 is 3.05 bits per heavy atom. The Morgan fingerprint density at radius 2 is 2.33 bits per heavy atom. The largest absolute Gasteiger partial charge is 0.305 e. The van der Waals surface area contributed by atoms with Crippen LogP contribution in [0.25, 0.3) is 0 Å². The van der Waals surface area contributed by atoms with E-state index in [4.69, 9.17) is 0 Å². The van der Waals surface area contributed by atoms with Crippen LogP contribution in [0.4, 0.5) is 4.39 Å². The van der Waals surface area contributed by atoms with Crippen LogP contribution in [0.1, 0.15) is 36.6 Å². The van der Waals surface area contributed by atoms with E-state index in [-0.39, 0.29) is 11.6 Å². The summed E-state index contributed by atoms with van der Waals surface area (Å²) in [6, 6.07) is -0.261. The topological polar surface area (TPSA) is 60.6 Å². The SMILES string of the molecule is Cn1ncc2c1CCC(F)C2NCC1(n2ccnn2)CC1. The number of aryl methyl sites for hydroxylation is 1. The average Bonchev–Trinajstić information content (AvgIpc) is 2.91. The summed E-state index contributed by atoms with van der Waals surface area (Å²) in [7, 11) is 1.92. The van der Waals surface area contributed by atoms with E-state index in [2.05, 4.69) is 20.7 Å². The smallest absolute Gasteiger partial charge is 0.120 e. The molecule has 1 N–H and O–H groups in total. The second-order valence-electron chi connectivity index (χ2n) is 6.16. The Balaban J connectivity index is 1.52. The van der Waals surface area contributed by atoms with Crippen LogP contribution < -0.4 is 5.32 Å². The first-order valence-electron chi connectivity index (χ1n) is 7.45. The van der Waals surface area contributed by atoms with Crippen LogP contribution in [0.5, 0.6) is 0 Å². The van der Waals surface area contributed by atoms with Crippen LogP contribution in [-0.4, -0.2) is 37.5 Å². The average molecular weight is 290 g/mol. The number of rotatable bonds is 4. The van der Waals surface area contributed by atoms with Crippen molar-refractivity contribution in [3.05, 3.63) is 29.8 Å². The molecule has 2 atom stereocenters. The van der Waals surface area contributed by atoms with Crippen molar-refractivity contribution in [2.24, 2.45) is 7.05 Å². The van der Waals surface area contributed by atoms with E-state index in [1.807, 2.05) is 22.6 Å². The summed E-state index contributed by atoms with van der Waals surface area (Å²) in [5, 5.41) is 15.7. The van der Waals surface area contributed by atoms with Gasteiger partial charge >= 0.3 is 0 Å². The highest BCUT2D eigenvalue weighted by atomic mass is 19.1. The molecule has 2 unspecified atom stereocenters. The number of nitrogens with zero attached hydrogens (tertiary/aromatic N) is 5. The van der Waals surface area contributed by atoms with Crippen molar-refractivity contribution in [1.82, 2.24) is 30.1 Å². The van der Waals surface area contributed by atoms with E-state index in [0.29, 0.717) is 6.42 Å². The van der Waals surface area contributed by atoms with Gasteiger partial charge in [0.25, 0.3) is 0 Å².